The molecule has 1 aliphatic rings. The Morgan fingerprint density at radius 2 is 2.12 bits per heavy atom. The third-order valence-corrected chi connectivity index (χ3v) is 4.00. The van der Waals surface area contributed by atoms with Crippen LogP contribution in [0.15, 0.2) is 18.2 Å². The van der Waals surface area contributed by atoms with E-state index in [0.29, 0.717) is 11.1 Å². The molecule has 1 saturated carbocycles. The van der Waals surface area contributed by atoms with E-state index in [4.69, 9.17) is 10.5 Å². The van der Waals surface area contributed by atoms with Crippen molar-refractivity contribution in [3.8, 4) is 5.75 Å². The van der Waals surface area contributed by atoms with Crippen LogP contribution < -0.4 is 15.8 Å². The van der Waals surface area contributed by atoms with Gasteiger partial charge < -0.3 is 15.8 Å². The van der Waals surface area contributed by atoms with Gasteiger partial charge >= 0.3 is 0 Å². The molecule has 2 rings (SSSR count). The molecule has 0 radical (unpaired) electrons. The van der Waals surface area contributed by atoms with Crippen molar-refractivity contribution in [1.82, 2.24) is 0 Å². The summed E-state index contributed by atoms with van der Waals surface area (Å²) in [5.74, 6) is 1.48. The van der Waals surface area contributed by atoms with E-state index < -0.39 is 0 Å². The lowest BCUT2D eigenvalue weighted by atomic mass is 9.92. The van der Waals surface area contributed by atoms with E-state index in [0.717, 1.165) is 23.9 Å². The molecule has 0 atom stereocenters. The number of anilines is 2. The lowest BCUT2D eigenvalue weighted by Gasteiger charge is -2.21. The van der Waals surface area contributed by atoms with Gasteiger partial charge in [-0.15, -0.1) is 0 Å². The molecule has 0 bridgehead atoms. The summed E-state index contributed by atoms with van der Waals surface area (Å²) in [6.45, 7) is 5.65. The van der Waals surface area contributed by atoms with Gasteiger partial charge in [0.1, 0.15) is 5.75 Å². The molecule has 3 nitrogen and oxygen atoms in total. The Morgan fingerprint density at radius 3 is 2.65 bits per heavy atom. The first-order valence-corrected chi connectivity index (χ1v) is 6.25. The number of nitrogen functional groups attached to an aromatic ring is 1. The van der Waals surface area contributed by atoms with Gasteiger partial charge in [0.15, 0.2) is 0 Å². The highest BCUT2D eigenvalue weighted by molar-refractivity contribution is 5.61. The third-order valence-electron chi connectivity index (χ3n) is 4.00. The Hall–Kier alpha value is -1.38. The van der Waals surface area contributed by atoms with E-state index in [1.165, 1.54) is 12.8 Å². The number of nitrogens with one attached hydrogen (secondary N) is 1. The number of hydrogen-bond donors (Lipinski definition) is 2. The van der Waals surface area contributed by atoms with E-state index in [1.807, 2.05) is 18.2 Å². The third kappa shape index (κ3) is 2.48. The van der Waals surface area contributed by atoms with Crippen LogP contribution in [0.25, 0.3) is 0 Å². The SMILES string of the molecule is COc1cc(NCC2(C(C)C)CC2)ccc1N. The van der Waals surface area contributed by atoms with Gasteiger partial charge in [-0.2, -0.15) is 0 Å². The van der Waals surface area contributed by atoms with E-state index in [-0.39, 0.29) is 0 Å². The molecule has 1 aromatic rings. The van der Waals surface area contributed by atoms with Crippen LogP contribution in [-0.2, 0) is 0 Å². The largest absolute Gasteiger partial charge is 0.495 e. The zero-order chi connectivity index (χ0) is 12.5. The molecule has 94 valence electrons. The second kappa shape index (κ2) is 4.47. The molecule has 1 aromatic carbocycles. The molecular weight excluding hydrogens is 212 g/mol. The average Bonchev–Trinajstić information content (AvgIpc) is 3.09. The van der Waals surface area contributed by atoms with Crippen molar-refractivity contribution < 1.29 is 4.74 Å². The summed E-state index contributed by atoms with van der Waals surface area (Å²) in [6.07, 6.45) is 2.67. The van der Waals surface area contributed by atoms with Crippen LogP contribution in [0.4, 0.5) is 11.4 Å². The summed E-state index contributed by atoms with van der Waals surface area (Å²) in [6, 6.07) is 5.86. The van der Waals surface area contributed by atoms with Crippen LogP contribution in [-0.4, -0.2) is 13.7 Å². The molecule has 0 aromatic heterocycles. The van der Waals surface area contributed by atoms with Gasteiger partial charge in [0, 0.05) is 18.3 Å². The Kier molecular flexibility index (Phi) is 3.18. The van der Waals surface area contributed by atoms with Gasteiger partial charge in [0.25, 0.3) is 0 Å². The van der Waals surface area contributed by atoms with Crippen LogP contribution in [0.2, 0.25) is 0 Å². The van der Waals surface area contributed by atoms with Crippen molar-refractivity contribution in [3.05, 3.63) is 18.2 Å². The second-order valence-corrected chi connectivity index (χ2v) is 5.33. The molecule has 0 heterocycles. The number of ether oxygens (including phenoxy) is 1. The molecule has 1 fully saturated rings. The summed E-state index contributed by atoms with van der Waals surface area (Å²) < 4.78 is 5.22. The van der Waals surface area contributed by atoms with Crippen molar-refractivity contribution >= 4 is 11.4 Å². The Morgan fingerprint density at radius 1 is 1.41 bits per heavy atom. The minimum absolute atomic E-state index is 0.509. The molecule has 0 saturated heterocycles. The maximum absolute atomic E-state index is 5.79. The first-order chi connectivity index (χ1) is 8.07. The molecule has 0 unspecified atom stereocenters. The number of benzene rings is 1. The van der Waals surface area contributed by atoms with Crippen LogP contribution in [0.1, 0.15) is 26.7 Å². The maximum atomic E-state index is 5.79. The van der Waals surface area contributed by atoms with Gasteiger partial charge in [-0.25, -0.2) is 0 Å². The number of methoxy groups -OCH3 is 1. The molecule has 17 heavy (non-hydrogen) atoms. The number of rotatable bonds is 5. The Bertz CT molecular complexity index is 397. The summed E-state index contributed by atoms with van der Waals surface area (Å²) in [7, 11) is 1.64. The average molecular weight is 234 g/mol. The first kappa shape index (κ1) is 12.1. The van der Waals surface area contributed by atoms with Crippen molar-refractivity contribution in [2.24, 2.45) is 11.3 Å². The van der Waals surface area contributed by atoms with Crippen molar-refractivity contribution in [3.63, 3.8) is 0 Å². The quantitative estimate of drug-likeness (QED) is 0.769. The first-order valence-electron chi connectivity index (χ1n) is 6.25. The normalized spacial score (nSPS) is 16.9. The number of hydrogen-bond acceptors (Lipinski definition) is 3. The van der Waals surface area contributed by atoms with Gasteiger partial charge in [-0.3, -0.25) is 0 Å². The van der Waals surface area contributed by atoms with Crippen molar-refractivity contribution in [1.29, 1.82) is 0 Å². The van der Waals surface area contributed by atoms with E-state index in [1.54, 1.807) is 7.11 Å². The Labute approximate surface area is 103 Å². The molecule has 0 aliphatic heterocycles. The van der Waals surface area contributed by atoms with Crippen molar-refractivity contribution in [2.75, 3.05) is 24.7 Å². The van der Waals surface area contributed by atoms with Crippen molar-refractivity contribution in [2.45, 2.75) is 26.7 Å². The lowest BCUT2D eigenvalue weighted by Crippen LogP contribution is -2.20. The van der Waals surface area contributed by atoms with Crippen LogP contribution in [0.5, 0.6) is 5.75 Å². The van der Waals surface area contributed by atoms with E-state index in [9.17, 15) is 0 Å². The monoisotopic (exact) mass is 234 g/mol. The van der Waals surface area contributed by atoms with Crippen LogP contribution in [0, 0.1) is 11.3 Å². The molecule has 0 spiro atoms. The fourth-order valence-electron chi connectivity index (χ4n) is 2.22. The highest BCUT2D eigenvalue weighted by Crippen LogP contribution is 2.51. The predicted molar refractivity (Wildman–Crippen MR) is 72.4 cm³/mol. The maximum Gasteiger partial charge on any atom is 0.143 e. The standard InChI is InChI=1S/C14H22N2O/c1-10(2)14(6-7-14)9-16-11-4-5-12(15)13(8-11)17-3/h4-5,8,10,16H,6-7,9,15H2,1-3H3. The molecule has 3 N–H and O–H groups in total. The van der Waals surface area contributed by atoms with E-state index in [2.05, 4.69) is 19.2 Å². The van der Waals surface area contributed by atoms with Gasteiger partial charge in [-0.1, -0.05) is 13.8 Å². The van der Waals surface area contributed by atoms with Crippen LogP contribution >= 0.6 is 0 Å². The van der Waals surface area contributed by atoms with E-state index >= 15 is 0 Å². The second-order valence-electron chi connectivity index (χ2n) is 5.33. The zero-order valence-electron chi connectivity index (χ0n) is 10.9. The smallest absolute Gasteiger partial charge is 0.143 e. The number of nitrogens with two attached hydrogens (primary N) is 1. The fraction of sp³-hybridized carbons (Fsp3) is 0.571. The Balaban J connectivity index is 2.00. The summed E-state index contributed by atoms with van der Waals surface area (Å²) in [4.78, 5) is 0. The summed E-state index contributed by atoms with van der Waals surface area (Å²) in [5, 5.41) is 3.50. The van der Waals surface area contributed by atoms with Crippen LogP contribution in [0.3, 0.4) is 0 Å². The minimum atomic E-state index is 0.509. The molecular formula is C14H22N2O. The van der Waals surface area contributed by atoms with Gasteiger partial charge in [0.05, 0.1) is 12.8 Å². The fourth-order valence-corrected chi connectivity index (χ4v) is 2.22. The highest BCUT2D eigenvalue weighted by Gasteiger charge is 2.44. The summed E-state index contributed by atoms with van der Waals surface area (Å²) >= 11 is 0. The topological polar surface area (TPSA) is 47.3 Å². The highest BCUT2D eigenvalue weighted by atomic mass is 16.5. The predicted octanol–water partition coefficient (Wildman–Crippen LogP) is 3.13. The van der Waals surface area contributed by atoms with Gasteiger partial charge in [0.2, 0.25) is 0 Å². The molecule has 0 amide bonds. The summed E-state index contributed by atoms with van der Waals surface area (Å²) in [5.41, 5.74) is 8.07. The van der Waals surface area contributed by atoms with Gasteiger partial charge in [-0.05, 0) is 36.3 Å². The molecule has 3 heteroatoms. The molecule has 1 aliphatic carbocycles. The lowest BCUT2D eigenvalue weighted by molar-refractivity contribution is 0.380. The minimum Gasteiger partial charge on any atom is -0.495 e. The zero-order valence-corrected chi connectivity index (χ0v) is 10.9.